The first-order chi connectivity index (χ1) is 3.91. The molecule has 0 aromatic heterocycles. The van der Waals surface area contributed by atoms with Crippen molar-refractivity contribution in [1.29, 1.82) is 0 Å². The molecule has 0 aliphatic heterocycles. The SMILES string of the molecule is CNCCCNCI. The first-order valence-corrected chi connectivity index (χ1v) is 4.35. The summed E-state index contributed by atoms with van der Waals surface area (Å²) >= 11 is 2.31. The van der Waals surface area contributed by atoms with Gasteiger partial charge >= 0.3 is 0 Å². The van der Waals surface area contributed by atoms with Crippen LogP contribution in [0.15, 0.2) is 0 Å². The van der Waals surface area contributed by atoms with Crippen molar-refractivity contribution in [2.24, 2.45) is 0 Å². The molecule has 0 rings (SSSR count). The molecule has 0 spiro atoms. The maximum absolute atomic E-state index is 3.23. The molecule has 0 radical (unpaired) electrons. The first kappa shape index (κ1) is 8.65. The van der Waals surface area contributed by atoms with E-state index in [2.05, 4.69) is 33.2 Å². The summed E-state index contributed by atoms with van der Waals surface area (Å²) in [6.07, 6.45) is 1.22. The van der Waals surface area contributed by atoms with Crippen LogP contribution in [-0.2, 0) is 0 Å². The molecule has 0 amide bonds. The van der Waals surface area contributed by atoms with Gasteiger partial charge in [-0.25, -0.2) is 0 Å². The van der Waals surface area contributed by atoms with Crippen molar-refractivity contribution in [2.75, 3.05) is 24.7 Å². The van der Waals surface area contributed by atoms with Crippen LogP contribution in [0.3, 0.4) is 0 Å². The second-order valence-electron chi connectivity index (χ2n) is 1.59. The third-order valence-corrected chi connectivity index (χ3v) is 1.41. The Kier molecular flexibility index (Phi) is 8.27. The quantitative estimate of drug-likeness (QED) is 0.311. The van der Waals surface area contributed by atoms with Gasteiger partial charge in [0.25, 0.3) is 0 Å². The highest BCUT2D eigenvalue weighted by molar-refractivity contribution is 14.1. The van der Waals surface area contributed by atoms with Crippen LogP contribution in [0.5, 0.6) is 0 Å². The molecule has 0 aliphatic carbocycles. The van der Waals surface area contributed by atoms with Gasteiger partial charge in [-0.2, -0.15) is 0 Å². The standard InChI is InChI=1S/C5H13IN2/c1-7-3-2-4-8-5-6/h7-8H,2-5H2,1H3. The summed E-state index contributed by atoms with van der Waals surface area (Å²) in [5, 5.41) is 6.31. The van der Waals surface area contributed by atoms with Crippen molar-refractivity contribution in [3.63, 3.8) is 0 Å². The molecule has 0 saturated heterocycles. The lowest BCUT2D eigenvalue weighted by molar-refractivity contribution is 0.673. The van der Waals surface area contributed by atoms with Gasteiger partial charge in [-0.1, -0.05) is 22.6 Å². The number of nitrogens with one attached hydrogen (secondary N) is 2. The fraction of sp³-hybridized carbons (Fsp3) is 1.00. The zero-order valence-electron chi connectivity index (χ0n) is 5.21. The summed E-state index contributed by atoms with van der Waals surface area (Å²) in [4.78, 5) is 0. The van der Waals surface area contributed by atoms with Crippen molar-refractivity contribution < 1.29 is 0 Å². The molecule has 0 saturated carbocycles. The number of halogens is 1. The normalized spacial score (nSPS) is 9.75. The van der Waals surface area contributed by atoms with Gasteiger partial charge in [0.1, 0.15) is 0 Å². The summed E-state index contributed by atoms with van der Waals surface area (Å²) in [7, 11) is 1.98. The number of hydrogen-bond acceptors (Lipinski definition) is 2. The minimum atomic E-state index is 1.06. The van der Waals surface area contributed by atoms with E-state index in [0.29, 0.717) is 0 Å². The first-order valence-electron chi connectivity index (χ1n) is 2.83. The van der Waals surface area contributed by atoms with Crippen molar-refractivity contribution in [1.82, 2.24) is 10.6 Å². The zero-order chi connectivity index (χ0) is 6.24. The van der Waals surface area contributed by atoms with Crippen LogP contribution in [0.25, 0.3) is 0 Å². The lowest BCUT2D eigenvalue weighted by Crippen LogP contribution is -2.17. The van der Waals surface area contributed by atoms with E-state index in [1.165, 1.54) is 6.42 Å². The Bertz CT molecular complexity index is 35.4. The molecule has 0 aliphatic rings. The second kappa shape index (κ2) is 7.65. The molecular formula is C5H13IN2. The van der Waals surface area contributed by atoms with Crippen molar-refractivity contribution in [3.05, 3.63) is 0 Å². The van der Waals surface area contributed by atoms with Crippen LogP contribution >= 0.6 is 22.6 Å². The van der Waals surface area contributed by atoms with Gasteiger partial charge < -0.3 is 10.6 Å². The molecule has 0 aromatic rings. The largest absolute Gasteiger partial charge is 0.320 e. The molecule has 50 valence electrons. The lowest BCUT2D eigenvalue weighted by Gasteiger charge is -1.97. The monoisotopic (exact) mass is 228 g/mol. The van der Waals surface area contributed by atoms with Gasteiger partial charge in [-0.15, -0.1) is 0 Å². The minimum Gasteiger partial charge on any atom is -0.320 e. The van der Waals surface area contributed by atoms with Crippen LogP contribution in [0.4, 0.5) is 0 Å². The van der Waals surface area contributed by atoms with E-state index in [4.69, 9.17) is 0 Å². The van der Waals surface area contributed by atoms with Gasteiger partial charge in [0.2, 0.25) is 0 Å². The van der Waals surface area contributed by atoms with Crippen LogP contribution in [0, 0.1) is 0 Å². The van der Waals surface area contributed by atoms with Gasteiger partial charge in [0, 0.05) is 4.55 Å². The summed E-state index contributed by atoms with van der Waals surface area (Å²) in [5.41, 5.74) is 0. The highest BCUT2D eigenvalue weighted by atomic mass is 127. The summed E-state index contributed by atoms with van der Waals surface area (Å²) in [5.74, 6) is 0. The molecule has 3 heteroatoms. The summed E-state index contributed by atoms with van der Waals surface area (Å²) < 4.78 is 1.06. The topological polar surface area (TPSA) is 24.1 Å². The molecule has 0 unspecified atom stereocenters. The van der Waals surface area contributed by atoms with Crippen LogP contribution < -0.4 is 10.6 Å². The number of rotatable bonds is 5. The molecule has 0 aromatic carbocycles. The average Bonchev–Trinajstić information content (AvgIpc) is 1.81. The molecule has 0 fully saturated rings. The molecular weight excluding hydrogens is 215 g/mol. The van der Waals surface area contributed by atoms with Gasteiger partial charge in [-0.3, -0.25) is 0 Å². The van der Waals surface area contributed by atoms with Gasteiger partial charge in [0.15, 0.2) is 0 Å². The van der Waals surface area contributed by atoms with E-state index >= 15 is 0 Å². The second-order valence-corrected chi connectivity index (χ2v) is 2.35. The van der Waals surface area contributed by atoms with E-state index in [1.807, 2.05) is 7.05 Å². The predicted octanol–water partition coefficient (Wildman–Crippen LogP) is 0.578. The highest BCUT2D eigenvalue weighted by Gasteiger charge is 1.81. The Balaban J connectivity index is 2.53. The minimum absolute atomic E-state index is 1.06. The maximum atomic E-state index is 3.23. The van der Waals surface area contributed by atoms with Crippen molar-refractivity contribution in [2.45, 2.75) is 6.42 Å². The number of alkyl halides is 1. The molecule has 2 N–H and O–H groups in total. The van der Waals surface area contributed by atoms with Crippen LogP contribution in [-0.4, -0.2) is 24.7 Å². The highest BCUT2D eigenvalue weighted by Crippen LogP contribution is 1.75. The molecule has 0 heterocycles. The van der Waals surface area contributed by atoms with E-state index in [1.54, 1.807) is 0 Å². The maximum Gasteiger partial charge on any atom is 0.0479 e. The van der Waals surface area contributed by atoms with Crippen LogP contribution in [0.2, 0.25) is 0 Å². The fourth-order valence-corrected chi connectivity index (χ4v) is 0.838. The molecule has 0 bridgehead atoms. The Morgan fingerprint density at radius 3 is 2.62 bits per heavy atom. The van der Waals surface area contributed by atoms with Crippen molar-refractivity contribution >= 4 is 22.6 Å². The Morgan fingerprint density at radius 1 is 1.38 bits per heavy atom. The fourth-order valence-electron chi connectivity index (χ4n) is 0.457. The average molecular weight is 228 g/mol. The molecule has 8 heavy (non-hydrogen) atoms. The smallest absolute Gasteiger partial charge is 0.0479 e. The van der Waals surface area contributed by atoms with Gasteiger partial charge in [0.05, 0.1) is 0 Å². The van der Waals surface area contributed by atoms with E-state index in [-0.39, 0.29) is 0 Å². The van der Waals surface area contributed by atoms with Crippen LogP contribution in [0.1, 0.15) is 6.42 Å². The number of hydrogen-bond donors (Lipinski definition) is 2. The van der Waals surface area contributed by atoms with Crippen molar-refractivity contribution in [3.8, 4) is 0 Å². The predicted molar refractivity (Wildman–Crippen MR) is 45.4 cm³/mol. The molecule has 0 atom stereocenters. The van der Waals surface area contributed by atoms with E-state index in [0.717, 1.165) is 17.6 Å². The zero-order valence-corrected chi connectivity index (χ0v) is 7.36. The third-order valence-electron chi connectivity index (χ3n) is 0.875. The Morgan fingerprint density at radius 2 is 2.12 bits per heavy atom. The molecule has 2 nitrogen and oxygen atoms in total. The van der Waals surface area contributed by atoms with E-state index < -0.39 is 0 Å². The van der Waals surface area contributed by atoms with Gasteiger partial charge in [-0.05, 0) is 26.6 Å². The Hall–Kier alpha value is 0.650. The summed E-state index contributed by atoms with van der Waals surface area (Å²) in [6.45, 7) is 2.24. The Labute approximate surface area is 64.6 Å². The van der Waals surface area contributed by atoms with E-state index in [9.17, 15) is 0 Å². The summed E-state index contributed by atoms with van der Waals surface area (Å²) in [6, 6.07) is 0. The third kappa shape index (κ3) is 6.65. The lowest BCUT2D eigenvalue weighted by atomic mass is 10.4.